The number of aromatic nitrogens is 2. The van der Waals surface area contributed by atoms with Gasteiger partial charge in [-0.2, -0.15) is 0 Å². The zero-order valence-corrected chi connectivity index (χ0v) is 12.9. The van der Waals surface area contributed by atoms with Crippen molar-refractivity contribution in [2.24, 2.45) is 5.41 Å². The van der Waals surface area contributed by atoms with Crippen LogP contribution in [-0.2, 0) is 0 Å². The number of hydrogen-bond acceptors (Lipinski definition) is 4. The van der Waals surface area contributed by atoms with Crippen LogP contribution >= 0.6 is 0 Å². The predicted octanol–water partition coefficient (Wildman–Crippen LogP) is 3.35. The van der Waals surface area contributed by atoms with E-state index in [1.807, 2.05) is 6.07 Å². The minimum absolute atomic E-state index is 0.274. The van der Waals surface area contributed by atoms with E-state index < -0.39 is 0 Å². The normalized spacial score (nSPS) is 13.3. The molecule has 108 valence electrons. The number of ether oxygens (including phenoxy) is 1. The van der Waals surface area contributed by atoms with Crippen molar-refractivity contribution in [3.8, 4) is 5.88 Å². The van der Waals surface area contributed by atoms with Crippen LogP contribution < -0.4 is 10.1 Å². The van der Waals surface area contributed by atoms with Crippen molar-refractivity contribution in [2.75, 3.05) is 13.7 Å². The Kier molecular flexibility index (Phi) is 6.22. The molecule has 1 unspecified atom stereocenters. The number of rotatable bonds is 7. The average Bonchev–Trinajstić information content (AvgIpc) is 2.38. The van der Waals surface area contributed by atoms with Crippen LogP contribution in [0.25, 0.3) is 0 Å². The number of nitrogens with zero attached hydrogens (tertiary/aromatic N) is 2. The summed E-state index contributed by atoms with van der Waals surface area (Å²) >= 11 is 0. The quantitative estimate of drug-likeness (QED) is 0.821. The summed E-state index contributed by atoms with van der Waals surface area (Å²) in [4.78, 5) is 8.46. The highest BCUT2D eigenvalue weighted by Gasteiger charge is 2.18. The van der Waals surface area contributed by atoms with Gasteiger partial charge in [-0.05, 0) is 31.2 Å². The van der Waals surface area contributed by atoms with Gasteiger partial charge in [-0.25, -0.2) is 9.97 Å². The SMILES string of the molecule is CCCNC(CCC(C)(C)C)c1cc(OC)ncn1. The third-order valence-electron chi connectivity index (χ3n) is 3.05. The van der Waals surface area contributed by atoms with Crippen molar-refractivity contribution in [1.82, 2.24) is 15.3 Å². The third-order valence-corrected chi connectivity index (χ3v) is 3.05. The van der Waals surface area contributed by atoms with Gasteiger partial charge in [-0.3, -0.25) is 0 Å². The molecule has 4 nitrogen and oxygen atoms in total. The Labute approximate surface area is 117 Å². The van der Waals surface area contributed by atoms with E-state index in [0.29, 0.717) is 11.3 Å². The van der Waals surface area contributed by atoms with Crippen LogP contribution in [0.3, 0.4) is 0 Å². The summed E-state index contributed by atoms with van der Waals surface area (Å²) in [7, 11) is 1.63. The van der Waals surface area contributed by atoms with Crippen molar-refractivity contribution in [3.63, 3.8) is 0 Å². The molecule has 0 fully saturated rings. The van der Waals surface area contributed by atoms with Crippen LogP contribution in [0.1, 0.15) is 58.7 Å². The molecule has 0 radical (unpaired) electrons. The van der Waals surface area contributed by atoms with Crippen LogP contribution in [0.5, 0.6) is 5.88 Å². The van der Waals surface area contributed by atoms with Gasteiger partial charge in [0.2, 0.25) is 5.88 Å². The second kappa shape index (κ2) is 7.43. The molecule has 0 saturated heterocycles. The van der Waals surface area contributed by atoms with E-state index >= 15 is 0 Å². The molecule has 1 aromatic rings. The Hall–Kier alpha value is -1.16. The maximum absolute atomic E-state index is 5.18. The molecular weight excluding hydrogens is 238 g/mol. The summed E-state index contributed by atoms with van der Waals surface area (Å²) in [5.74, 6) is 0.629. The summed E-state index contributed by atoms with van der Waals surface area (Å²) in [6.07, 6.45) is 4.92. The zero-order chi connectivity index (χ0) is 14.3. The van der Waals surface area contributed by atoms with Gasteiger partial charge in [0.15, 0.2) is 0 Å². The predicted molar refractivity (Wildman–Crippen MR) is 78.3 cm³/mol. The van der Waals surface area contributed by atoms with E-state index in [9.17, 15) is 0 Å². The van der Waals surface area contributed by atoms with Crippen LogP contribution in [0.4, 0.5) is 0 Å². The lowest BCUT2D eigenvalue weighted by Crippen LogP contribution is -2.24. The lowest BCUT2D eigenvalue weighted by atomic mass is 9.88. The molecule has 1 rings (SSSR count). The molecule has 0 saturated carbocycles. The molecule has 4 heteroatoms. The number of hydrogen-bond donors (Lipinski definition) is 1. The molecule has 1 atom stereocenters. The molecular formula is C15H27N3O. The minimum Gasteiger partial charge on any atom is -0.481 e. The highest BCUT2D eigenvalue weighted by Crippen LogP contribution is 2.27. The second-order valence-electron chi connectivity index (χ2n) is 6.09. The van der Waals surface area contributed by atoms with Gasteiger partial charge < -0.3 is 10.1 Å². The smallest absolute Gasteiger partial charge is 0.216 e. The number of nitrogens with one attached hydrogen (secondary N) is 1. The molecule has 0 aliphatic heterocycles. The highest BCUT2D eigenvalue weighted by molar-refractivity contribution is 5.16. The Morgan fingerprint density at radius 1 is 1.32 bits per heavy atom. The summed E-state index contributed by atoms with van der Waals surface area (Å²) in [5.41, 5.74) is 1.35. The van der Waals surface area contributed by atoms with Gasteiger partial charge in [-0.15, -0.1) is 0 Å². The van der Waals surface area contributed by atoms with E-state index in [0.717, 1.165) is 31.5 Å². The van der Waals surface area contributed by atoms with Gasteiger partial charge >= 0.3 is 0 Å². The van der Waals surface area contributed by atoms with Crippen molar-refractivity contribution < 1.29 is 4.74 Å². The third kappa shape index (κ3) is 6.01. The Morgan fingerprint density at radius 2 is 2.05 bits per heavy atom. The van der Waals surface area contributed by atoms with E-state index in [-0.39, 0.29) is 6.04 Å². The first kappa shape index (κ1) is 15.9. The topological polar surface area (TPSA) is 47.0 Å². The highest BCUT2D eigenvalue weighted by atomic mass is 16.5. The molecule has 1 heterocycles. The van der Waals surface area contributed by atoms with E-state index in [2.05, 4.69) is 43.0 Å². The monoisotopic (exact) mass is 265 g/mol. The first-order chi connectivity index (χ1) is 8.96. The molecule has 1 N–H and O–H groups in total. The van der Waals surface area contributed by atoms with Crippen LogP contribution in [-0.4, -0.2) is 23.6 Å². The van der Waals surface area contributed by atoms with Gasteiger partial charge in [0.25, 0.3) is 0 Å². The van der Waals surface area contributed by atoms with Gasteiger partial charge in [0.05, 0.1) is 12.8 Å². The first-order valence-electron chi connectivity index (χ1n) is 7.05. The first-order valence-corrected chi connectivity index (χ1v) is 7.05. The average molecular weight is 265 g/mol. The van der Waals surface area contributed by atoms with Crippen LogP contribution in [0.2, 0.25) is 0 Å². The van der Waals surface area contributed by atoms with E-state index in [4.69, 9.17) is 4.74 Å². The summed E-state index contributed by atoms with van der Waals surface area (Å²) in [6, 6.07) is 2.20. The summed E-state index contributed by atoms with van der Waals surface area (Å²) < 4.78 is 5.18. The van der Waals surface area contributed by atoms with E-state index in [1.165, 1.54) is 0 Å². The van der Waals surface area contributed by atoms with Crippen molar-refractivity contribution in [3.05, 3.63) is 18.1 Å². The summed E-state index contributed by atoms with van der Waals surface area (Å²) in [6.45, 7) is 9.98. The second-order valence-corrected chi connectivity index (χ2v) is 6.09. The van der Waals surface area contributed by atoms with Crippen LogP contribution in [0, 0.1) is 5.41 Å². The largest absolute Gasteiger partial charge is 0.481 e. The zero-order valence-electron chi connectivity index (χ0n) is 12.9. The molecule has 0 aliphatic carbocycles. The fourth-order valence-corrected chi connectivity index (χ4v) is 1.91. The lowest BCUT2D eigenvalue weighted by molar-refractivity contribution is 0.328. The fourth-order valence-electron chi connectivity index (χ4n) is 1.91. The molecule has 0 spiro atoms. The Bertz CT molecular complexity index is 374. The fraction of sp³-hybridized carbons (Fsp3) is 0.733. The van der Waals surface area contributed by atoms with Crippen molar-refractivity contribution >= 4 is 0 Å². The molecule has 19 heavy (non-hydrogen) atoms. The minimum atomic E-state index is 0.274. The molecule has 0 amide bonds. The number of methoxy groups -OCH3 is 1. The molecule has 0 bridgehead atoms. The van der Waals surface area contributed by atoms with Crippen molar-refractivity contribution in [1.29, 1.82) is 0 Å². The molecule has 0 aliphatic rings. The lowest BCUT2D eigenvalue weighted by Gasteiger charge is -2.23. The molecule has 0 aromatic carbocycles. The maximum atomic E-state index is 5.18. The Morgan fingerprint density at radius 3 is 2.63 bits per heavy atom. The van der Waals surface area contributed by atoms with Gasteiger partial charge in [-0.1, -0.05) is 27.7 Å². The van der Waals surface area contributed by atoms with Gasteiger partial charge in [0.1, 0.15) is 6.33 Å². The van der Waals surface area contributed by atoms with Gasteiger partial charge in [0, 0.05) is 12.1 Å². The maximum Gasteiger partial charge on any atom is 0.216 e. The van der Waals surface area contributed by atoms with E-state index in [1.54, 1.807) is 13.4 Å². The summed E-state index contributed by atoms with van der Waals surface area (Å²) in [5, 5.41) is 3.56. The standard InChI is InChI=1S/C15H27N3O/c1-6-9-16-12(7-8-15(2,3)4)13-10-14(19-5)18-11-17-13/h10-12,16H,6-9H2,1-5H3. The van der Waals surface area contributed by atoms with Crippen LogP contribution in [0.15, 0.2) is 12.4 Å². The molecule has 1 aromatic heterocycles. The Balaban J connectivity index is 2.76. The van der Waals surface area contributed by atoms with Crippen molar-refractivity contribution in [2.45, 2.75) is 53.0 Å².